The number of rotatable bonds is 3. The number of likely N-dealkylation sites (tertiary alicyclic amines) is 1. The summed E-state index contributed by atoms with van der Waals surface area (Å²) in [4.78, 5) is 24.2. The van der Waals surface area contributed by atoms with Crippen LogP contribution in [0.4, 0.5) is 4.39 Å². The number of carbonyl (C=O) groups is 2. The Labute approximate surface area is 104 Å². The molecule has 0 bridgehead atoms. The molecule has 0 unspecified atom stereocenters. The van der Waals surface area contributed by atoms with Crippen molar-refractivity contribution in [3.63, 3.8) is 0 Å². The van der Waals surface area contributed by atoms with Gasteiger partial charge < -0.3 is 10.0 Å². The van der Waals surface area contributed by atoms with Gasteiger partial charge in [0.1, 0.15) is 11.9 Å². The lowest BCUT2D eigenvalue weighted by atomic mass is 10.0. The molecule has 2 rings (SSSR count). The summed E-state index contributed by atoms with van der Waals surface area (Å²) < 4.78 is 13.1. The zero-order valence-corrected chi connectivity index (χ0v) is 9.80. The number of nitrogens with zero attached hydrogens (tertiary/aromatic N) is 1. The van der Waals surface area contributed by atoms with E-state index in [0.717, 1.165) is 0 Å². The normalized spacial score (nSPS) is 19.9. The fourth-order valence-electron chi connectivity index (χ4n) is 2.21. The summed E-state index contributed by atoms with van der Waals surface area (Å²) in [6, 6.07) is 5.07. The van der Waals surface area contributed by atoms with Gasteiger partial charge in [-0.25, -0.2) is 9.18 Å². The summed E-state index contributed by atoms with van der Waals surface area (Å²) in [6.07, 6.45) is 1.41. The third-order valence-corrected chi connectivity index (χ3v) is 3.09. The van der Waals surface area contributed by atoms with Crippen molar-refractivity contribution >= 4 is 11.9 Å². The summed E-state index contributed by atoms with van der Waals surface area (Å²) in [5.41, 5.74) is 0.608. The first-order valence-electron chi connectivity index (χ1n) is 5.84. The fourth-order valence-corrected chi connectivity index (χ4v) is 2.21. The highest BCUT2D eigenvalue weighted by Gasteiger charge is 2.32. The van der Waals surface area contributed by atoms with Gasteiger partial charge in [-0.15, -0.1) is 0 Å². The molecule has 18 heavy (non-hydrogen) atoms. The average Bonchev–Trinajstić information content (AvgIpc) is 2.31. The Morgan fingerprint density at radius 1 is 1.50 bits per heavy atom. The molecule has 1 N–H and O–H groups in total. The van der Waals surface area contributed by atoms with Crippen molar-refractivity contribution in [1.82, 2.24) is 4.90 Å². The Morgan fingerprint density at radius 3 is 2.94 bits per heavy atom. The van der Waals surface area contributed by atoms with E-state index in [9.17, 15) is 14.0 Å². The monoisotopic (exact) mass is 251 g/mol. The van der Waals surface area contributed by atoms with Gasteiger partial charge >= 0.3 is 5.97 Å². The van der Waals surface area contributed by atoms with E-state index in [1.165, 1.54) is 17.0 Å². The van der Waals surface area contributed by atoms with E-state index >= 15 is 0 Å². The molecule has 5 heteroatoms. The highest BCUT2D eigenvalue weighted by molar-refractivity contribution is 5.84. The number of hydrogen-bond donors (Lipinski definition) is 1. The van der Waals surface area contributed by atoms with E-state index in [0.29, 0.717) is 24.8 Å². The first-order chi connectivity index (χ1) is 8.58. The maximum atomic E-state index is 13.1. The van der Waals surface area contributed by atoms with Gasteiger partial charge in [0, 0.05) is 13.0 Å². The lowest BCUT2D eigenvalue weighted by Crippen LogP contribution is -2.47. The number of carbonyl (C=O) groups excluding carboxylic acids is 1. The van der Waals surface area contributed by atoms with Crippen LogP contribution in [0.1, 0.15) is 24.8 Å². The molecule has 0 spiro atoms. The number of aliphatic carboxylic acids is 1. The number of carboxylic acids is 1. The predicted molar refractivity (Wildman–Crippen MR) is 62.2 cm³/mol. The molecule has 1 aromatic carbocycles. The van der Waals surface area contributed by atoms with E-state index in [1.807, 2.05) is 0 Å². The Morgan fingerprint density at radius 2 is 2.28 bits per heavy atom. The number of benzene rings is 1. The van der Waals surface area contributed by atoms with E-state index in [-0.39, 0.29) is 18.3 Å². The molecule has 1 aliphatic heterocycles. The summed E-state index contributed by atoms with van der Waals surface area (Å²) in [6.45, 7) is 0.146. The smallest absolute Gasteiger partial charge is 0.326 e. The molecule has 0 aliphatic carbocycles. The molecule has 0 aromatic heterocycles. The highest BCUT2D eigenvalue weighted by Crippen LogP contribution is 2.21. The van der Waals surface area contributed by atoms with Crippen LogP contribution in [0.15, 0.2) is 24.3 Å². The van der Waals surface area contributed by atoms with Gasteiger partial charge in [0.05, 0.1) is 0 Å². The van der Waals surface area contributed by atoms with E-state index in [4.69, 9.17) is 5.11 Å². The molecule has 1 saturated heterocycles. The van der Waals surface area contributed by atoms with Gasteiger partial charge in [-0.05, 0) is 30.5 Å². The average molecular weight is 251 g/mol. The van der Waals surface area contributed by atoms with Crippen LogP contribution in [0.2, 0.25) is 0 Å². The molecule has 1 atom stereocenters. The van der Waals surface area contributed by atoms with Gasteiger partial charge in [0.2, 0.25) is 5.91 Å². The lowest BCUT2D eigenvalue weighted by Gasteiger charge is -2.32. The van der Waals surface area contributed by atoms with Gasteiger partial charge in [-0.2, -0.15) is 0 Å². The van der Waals surface area contributed by atoms with Crippen LogP contribution >= 0.6 is 0 Å². The van der Waals surface area contributed by atoms with E-state index < -0.39 is 12.0 Å². The Bertz CT molecular complexity index is 475. The standard InChI is InChI=1S/C13H14FNO3/c14-10-4-1-3-9(7-10)8-15-11(13(17)18)5-2-6-12(15)16/h1,3-4,7,11H,2,5-6,8H2,(H,17,18)/t11-/m0/s1. The van der Waals surface area contributed by atoms with Crippen molar-refractivity contribution in [2.45, 2.75) is 31.8 Å². The number of amides is 1. The van der Waals surface area contributed by atoms with Crippen molar-refractivity contribution in [1.29, 1.82) is 0 Å². The van der Waals surface area contributed by atoms with Crippen LogP contribution in [0.5, 0.6) is 0 Å². The molecule has 0 radical (unpaired) electrons. The summed E-state index contributed by atoms with van der Waals surface area (Å²) >= 11 is 0. The number of piperidine rings is 1. The van der Waals surface area contributed by atoms with Crippen LogP contribution in [0, 0.1) is 5.82 Å². The van der Waals surface area contributed by atoms with Crippen molar-refractivity contribution in [3.05, 3.63) is 35.6 Å². The summed E-state index contributed by atoms with van der Waals surface area (Å²) in [7, 11) is 0. The van der Waals surface area contributed by atoms with E-state index in [1.54, 1.807) is 12.1 Å². The minimum atomic E-state index is -1.00. The van der Waals surface area contributed by atoms with Crippen LogP contribution in [0.25, 0.3) is 0 Å². The molecule has 1 heterocycles. The number of carboxylic acid groups (broad SMARTS) is 1. The topological polar surface area (TPSA) is 57.6 Å². The fraction of sp³-hybridized carbons (Fsp3) is 0.385. The third kappa shape index (κ3) is 2.67. The van der Waals surface area contributed by atoms with Gasteiger partial charge in [0.15, 0.2) is 0 Å². The first-order valence-corrected chi connectivity index (χ1v) is 5.84. The predicted octanol–water partition coefficient (Wildman–Crippen LogP) is 1.79. The molecule has 1 aromatic rings. The van der Waals surface area contributed by atoms with Crippen LogP contribution in [-0.2, 0) is 16.1 Å². The summed E-state index contributed by atoms with van der Waals surface area (Å²) in [5.74, 6) is -1.57. The van der Waals surface area contributed by atoms with Crippen molar-refractivity contribution in [2.75, 3.05) is 0 Å². The second kappa shape index (κ2) is 5.16. The second-order valence-electron chi connectivity index (χ2n) is 4.40. The van der Waals surface area contributed by atoms with Gasteiger partial charge in [0.25, 0.3) is 0 Å². The quantitative estimate of drug-likeness (QED) is 0.891. The maximum Gasteiger partial charge on any atom is 0.326 e. The Balaban J connectivity index is 2.18. The molecule has 0 saturated carbocycles. The second-order valence-corrected chi connectivity index (χ2v) is 4.40. The molecule has 96 valence electrons. The van der Waals surface area contributed by atoms with Gasteiger partial charge in [-0.3, -0.25) is 4.79 Å². The van der Waals surface area contributed by atoms with E-state index in [2.05, 4.69) is 0 Å². The Hall–Kier alpha value is -1.91. The first kappa shape index (κ1) is 12.5. The SMILES string of the molecule is O=C(O)[C@@H]1CCCC(=O)N1Cc1cccc(F)c1. The number of halogens is 1. The molecule has 1 aliphatic rings. The van der Waals surface area contributed by atoms with Crippen LogP contribution in [-0.4, -0.2) is 27.9 Å². The van der Waals surface area contributed by atoms with Crippen molar-refractivity contribution < 1.29 is 19.1 Å². The zero-order valence-electron chi connectivity index (χ0n) is 9.80. The molecular formula is C13H14FNO3. The molecule has 1 fully saturated rings. The van der Waals surface area contributed by atoms with Crippen molar-refractivity contribution in [3.8, 4) is 0 Å². The summed E-state index contributed by atoms with van der Waals surface area (Å²) in [5, 5.41) is 9.09. The zero-order chi connectivity index (χ0) is 13.1. The largest absolute Gasteiger partial charge is 0.480 e. The van der Waals surface area contributed by atoms with Crippen LogP contribution in [0.3, 0.4) is 0 Å². The number of hydrogen-bond acceptors (Lipinski definition) is 2. The van der Waals surface area contributed by atoms with Crippen molar-refractivity contribution in [2.24, 2.45) is 0 Å². The molecule has 4 nitrogen and oxygen atoms in total. The third-order valence-electron chi connectivity index (χ3n) is 3.09. The minimum Gasteiger partial charge on any atom is -0.480 e. The van der Waals surface area contributed by atoms with Crippen LogP contribution < -0.4 is 0 Å². The molecule has 1 amide bonds. The molecular weight excluding hydrogens is 237 g/mol. The maximum absolute atomic E-state index is 13.1. The highest BCUT2D eigenvalue weighted by atomic mass is 19.1. The van der Waals surface area contributed by atoms with Gasteiger partial charge in [-0.1, -0.05) is 12.1 Å². The Kier molecular flexibility index (Phi) is 3.60. The minimum absolute atomic E-state index is 0.146. The lowest BCUT2D eigenvalue weighted by molar-refractivity contribution is -0.153.